The summed E-state index contributed by atoms with van der Waals surface area (Å²) in [5.41, 5.74) is 1.80. The molecule has 2 aliphatic rings. The molecule has 4 rings (SSSR count). The second kappa shape index (κ2) is 9.82. The van der Waals surface area contributed by atoms with Crippen molar-refractivity contribution < 1.29 is 22.7 Å². The molecule has 0 spiro atoms. The zero-order valence-electron chi connectivity index (χ0n) is 18.5. The molecule has 0 saturated carbocycles. The monoisotopic (exact) mass is 498 g/mol. The van der Waals surface area contributed by atoms with Crippen molar-refractivity contribution in [1.29, 1.82) is 5.41 Å². The first-order chi connectivity index (χ1) is 16.3. The predicted molar refractivity (Wildman–Crippen MR) is 133 cm³/mol. The van der Waals surface area contributed by atoms with Crippen molar-refractivity contribution in [3.8, 4) is 11.5 Å². The number of carbonyl (C=O) groups excluding carboxylic acids is 1. The smallest absolute Gasteiger partial charge is 0.283 e. The van der Waals surface area contributed by atoms with Crippen LogP contribution in [0.3, 0.4) is 0 Å². The van der Waals surface area contributed by atoms with E-state index in [1.807, 2.05) is 31.2 Å². The minimum absolute atomic E-state index is 0.0171. The first-order valence-electron chi connectivity index (χ1n) is 10.4. The summed E-state index contributed by atoms with van der Waals surface area (Å²) >= 11 is 0.775. The van der Waals surface area contributed by atoms with Crippen LogP contribution in [0.4, 0.5) is 0 Å². The number of hydrogen-bond acceptors (Lipinski definition) is 8. The molecule has 0 saturated heterocycles. The van der Waals surface area contributed by atoms with Gasteiger partial charge in [0, 0.05) is 0 Å². The van der Waals surface area contributed by atoms with E-state index in [0.29, 0.717) is 24.5 Å². The maximum atomic E-state index is 12.5. The Kier molecular flexibility index (Phi) is 6.85. The van der Waals surface area contributed by atoms with Crippen molar-refractivity contribution in [3.05, 3.63) is 65.2 Å². The lowest BCUT2D eigenvalue weighted by molar-refractivity contribution is -0.114. The lowest BCUT2D eigenvalue weighted by atomic mass is 10.1. The van der Waals surface area contributed by atoms with Gasteiger partial charge in [0.05, 0.1) is 11.3 Å². The summed E-state index contributed by atoms with van der Waals surface area (Å²) in [6.07, 6.45) is 1.52. The molecule has 0 bridgehead atoms. The average molecular weight is 499 g/mol. The Bertz CT molecular complexity index is 1330. The molecule has 1 amide bonds. The van der Waals surface area contributed by atoms with E-state index >= 15 is 0 Å². The van der Waals surface area contributed by atoms with Gasteiger partial charge in [0.25, 0.3) is 5.91 Å². The van der Waals surface area contributed by atoms with Crippen molar-refractivity contribution in [1.82, 2.24) is 5.01 Å². The second-order valence-electron chi connectivity index (χ2n) is 7.37. The summed E-state index contributed by atoms with van der Waals surface area (Å²) in [4.78, 5) is 16.4. The minimum Gasteiger partial charge on any atom is -0.490 e. The highest BCUT2D eigenvalue weighted by Gasteiger charge is 2.39. The van der Waals surface area contributed by atoms with Gasteiger partial charge in [-0.3, -0.25) is 10.2 Å². The predicted octanol–water partition coefficient (Wildman–Crippen LogP) is 3.46. The number of amidine groups is 2. The van der Waals surface area contributed by atoms with Crippen molar-refractivity contribution >= 4 is 49.0 Å². The zero-order valence-corrected chi connectivity index (χ0v) is 20.1. The molecule has 34 heavy (non-hydrogen) atoms. The van der Waals surface area contributed by atoms with E-state index in [-0.39, 0.29) is 26.7 Å². The van der Waals surface area contributed by atoms with E-state index in [4.69, 9.17) is 14.9 Å². The lowest BCUT2D eigenvalue weighted by Crippen LogP contribution is -2.35. The van der Waals surface area contributed by atoms with Crippen molar-refractivity contribution in [2.45, 2.75) is 13.8 Å². The molecular formula is C23H22N4O5S2. The lowest BCUT2D eigenvalue weighted by Gasteiger charge is -2.20. The van der Waals surface area contributed by atoms with Gasteiger partial charge in [-0.05, 0) is 60.2 Å². The summed E-state index contributed by atoms with van der Waals surface area (Å²) in [7, 11) is -3.57. The van der Waals surface area contributed by atoms with E-state index in [9.17, 15) is 13.2 Å². The summed E-state index contributed by atoms with van der Waals surface area (Å²) in [5, 5.41) is 13.5. The van der Waals surface area contributed by atoms with Crippen LogP contribution in [-0.4, -0.2) is 53.7 Å². The molecule has 176 valence electrons. The van der Waals surface area contributed by atoms with Gasteiger partial charge < -0.3 is 9.47 Å². The van der Waals surface area contributed by atoms with E-state index < -0.39 is 15.7 Å². The molecule has 2 aliphatic heterocycles. The molecular weight excluding hydrogens is 476 g/mol. The number of thioether (sulfide) groups is 1. The number of fused-ring (bicyclic) bond motifs is 1. The molecule has 2 aromatic carbocycles. The fourth-order valence-electron chi connectivity index (χ4n) is 3.07. The number of ether oxygens (including phenoxy) is 2. The van der Waals surface area contributed by atoms with Crippen LogP contribution in [0, 0.1) is 12.3 Å². The Morgan fingerprint density at radius 2 is 1.79 bits per heavy atom. The maximum Gasteiger partial charge on any atom is 0.283 e. The first-order valence-corrected chi connectivity index (χ1v) is 12.9. The highest BCUT2D eigenvalue weighted by atomic mass is 32.3. The molecule has 0 aliphatic carbocycles. The number of hydrazone groups is 1. The first kappa shape index (κ1) is 23.7. The number of aryl methyl sites for hydroxylation is 1. The van der Waals surface area contributed by atoms with Crippen LogP contribution in [0.2, 0.25) is 0 Å². The Morgan fingerprint density at radius 1 is 1.09 bits per heavy atom. The zero-order chi connectivity index (χ0) is 24.3. The van der Waals surface area contributed by atoms with Gasteiger partial charge in [0.2, 0.25) is 19.4 Å². The number of aliphatic imine (C=N–C) groups is 1. The molecule has 0 atom stereocenters. The SMILES string of the molecule is CCS(=O)(=O)C1=NN2C(=N)/C(=C\c3ccc(OCCOc4cccc(C)c4)cc3)C(=O)N=C2S1. The molecule has 0 radical (unpaired) electrons. The van der Waals surface area contributed by atoms with Gasteiger partial charge in [0.15, 0.2) is 5.84 Å². The Labute approximate surface area is 201 Å². The fourth-order valence-corrected chi connectivity index (χ4v) is 5.24. The van der Waals surface area contributed by atoms with E-state index in [1.165, 1.54) is 13.0 Å². The Morgan fingerprint density at radius 3 is 2.47 bits per heavy atom. The summed E-state index contributed by atoms with van der Waals surface area (Å²) in [6.45, 7) is 4.26. The number of nitrogens with one attached hydrogen (secondary N) is 1. The number of rotatable bonds is 7. The van der Waals surface area contributed by atoms with Crippen LogP contribution in [-0.2, 0) is 14.6 Å². The highest BCUT2D eigenvalue weighted by Crippen LogP contribution is 2.30. The highest BCUT2D eigenvalue weighted by molar-refractivity contribution is 8.42. The van der Waals surface area contributed by atoms with Gasteiger partial charge in [-0.2, -0.15) is 10.0 Å². The van der Waals surface area contributed by atoms with Gasteiger partial charge in [-0.1, -0.05) is 31.2 Å². The normalized spacial score (nSPS) is 16.9. The second-order valence-corrected chi connectivity index (χ2v) is 10.8. The van der Waals surface area contributed by atoms with Gasteiger partial charge in [-0.25, -0.2) is 8.42 Å². The molecule has 0 aromatic heterocycles. The van der Waals surface area contributed by atoms with Crippen LogP contribution in [0.5, 0.6) is 11.5 Å². The number of sulfone groups is 1. The van der Waals surface area contributed by atoms with Gasteiger partial charge in [0.1, 0.15) is 24.7 Å². The molecule has 2 aromatic rings. The number of benzene rings is 2. The molecule has 0 fully saturated rings. The largest absolute Gasteiger partial charge is 0.490 e. The van der Waals surface area contributed by atoms with E-state index in [1.54, 1.807) is 24.3 Å². The topological polar surface area (TPSA) is 121 Å². The third kappa shape index (κ3) is 5.20. The fraction of sp³-hybridized carbons (Fsp3) is 0.217. The van der Waals surface area contributed by atoms with Crippen LogP contribution >= 0.6 is 11.8 Å². The Hall–Kier alpha value is -3.44. The number of nitrogens with zero attached hydrogens (tertiary/aromatic N) is 3. The van der Waals surface area contributed by atoms with Crippen LogP contribution in [0.1, 0.15) is 18.1 Å². The number of carbonyl (C=O) groups is 1. The molecule has 9 nitrogen and oxygen atoms in total. The third-order valence-electron chi connectivity index (χ3n) is 4.88. The van der Waals surface area contributed by atoms with Crippen LogP contribution < -0.4 is 9.47 Å². The standard InChI is InChI=1S/C23H22N4O5S2/c1-3-34(29,30)23-26-27-20(24)19(21(28)25-22(27)33-23)14-16-7-9-17(10-8-16)31-11-12-32-18-6-4-5-15(2)13-18/h4-10,13-14,24H,3,11-12H2,1-2H3/b19-14+,24-20?. The number of amides is 1. The Balaban J connectivity index is 1.39. The maximum absolute atomic E-state index is 12.5. The quantitative estimate of drug-likeness (QED) is 0.458. The number of hydrogen-bond donors (Lipinski definition) is 1. The van der Waals surface area contributed by atoms with Crippen molar-refractivity contribution in [3.63, 3.8) is 0 Å². The summed E-state index contributed by atoms with van der Waals surface area (Å²) < 4.78 is 35.4. The molecule has 11 heteroatoms. The van der Waals surface area contributed by atoms with Gasteiger partial charge in [-0.15, -0.1) is 5.10 Å². The molecule has 1 N–H and O–H groups in total. The summed E-state index contributed by atoms with van der Waals surface area (Å²) in [5.74, 6) is 0.447. The van der Waals surface area contributed by atoms with Gasteiger partial charge >= 0.3 is 0 Å². The van der Waals surface area contributed by atoms with E-state index in [0.717, 1.165) is 28.1 Å². The molecule has 0 unspecified atom stereocenters. The minimum atomic E-state index is -3.57. The van der Waals surface area contributed by atoms with Crippen LogP contribution in [0.25, 0.3) is 6.08 Å². The summed E-state index contributed by atoms with van der Waals surface area (Å²) in [6, 6.07) is 14.8. The third-order valence-corrected chi connectivity index (χ3v) is 7.97. The van der Waals surface area contributed by atoms with Crippen LogP contribution in [0.15, 0.2) is 64.2 Å². The van der Waals surface area contributed by atoms with E-state index in [2.05, 4.69) is 10.1 Å². The van der Waals surface area contributed by atoms with Crippen molar-refractivity contribution in [2.24, 2.45) is 10.1 Å². The van der Waals surface area contributed by atoms with Crippen molar-refractivity contribution in [2.75, 3.05) is 19.0 Å². The average Bonchev–Trinajstić information content (AvgIpc) is 3.25. The molecule has 2 heterocycles.